The molecule has 1 atom stereocenters. The Bertz CT molecular complexity index is 319. The van der Waals surface area contributed by atoms with Gasteiger partial charge in [0.1, 0.15) is 6.10 Å². The fraction of sp³-hybridized carbons (Fsp3) is 0.455. The monoisotopic (exact) mass is 191 g/mol. The molecule has 0 radical (unpaired) electrons. The number of carbonyl (C=O) groups is 1. The van der Waals surface area contributed by atoms with Gasteiger partial charge in [-0.15, -0.1) is 0 Å². The molecule has 0 aliphatic heterocycles. The number of aromatic nitrogens is 1. The molecule has 1 unspecified atom stereocenters. The van der Waals surface area contributed by atoms with Crippen LogP contribution in [0.4, 0.5) is 0 Å². The first kappa shape index (κ1) is 9.19. The fourth-order valence-corrected chi connectivity index (χ4v) is 1.52. The van der Waals surface area contributed by atoms with E-state index in [9.17, 15) is 4.79 Å². The maximum Gasteiger partial charge on any atom is 0.303 e. The van der Waals surface area contributed by atoms with Crippen LogP contribution in [0.3, 0.4) is 0 Å². The molecule has 0 bridgehead atoms. The Morgan fingerprint density at radius 2 is 2.36 bits per heavy atom. The Balaban J connectivity index is 2.14. The zero-order valence-corrected chi connectivity index (χ0v) is 8.14. The van der Waals surface area contributed by atoms with E-state index in [1.807, 2.05) is 18.2 Å². The molecule has 1 aliphatic rings. The molecule has 2 rings (SSSR count). The van der Waals surface area contributed by atoms with Gasteiger partial charge in [0.15, 0.2) is 0 Å². The minimum atomic E-state index is -0.229. The lowest BCUT2D eigenvalue weighted by molar-refractivity contribution is -0.148. The van der Waals surface area contributed by atoms with E-state index in [0.717, 1.165) is 18.5 Å². The summed E-state index contributed by atoms with van der Waals surface area (Å²) in [4.78, 5) is 15.1. The Kier molecular flexibility index (Phi) is 2.48. The summed E-state index contributed by atoms with van der Waals surface area (Å²) in [5, 5.41) is 0. The normalized spacial score (nSPS) is 17.5. The molecule has 3 nitrogen and oxygen atoms in total. The average molecular weight is 191 g/mol. The van der Waals surface area contributed by atoms with Crippen molar-refractivity contribution in [2.24, 2.45) is 5.92 Å². The summed E-state index contributed by atoms with van der Waals surface area (Å²) in [5.41, 5.74) is 0.866. The van der Waals surface area contributed by atoms with Crippen molar-refractivity contribution in [2.45, 2.75) is 25.9 Å². The second-order valence-corrected chi connectivity index (χ2v) is 3.62. The lowest BCUT2D eigenvalue weighted by Gasteiger charge is -2.15. The molecule has 14 heavy (non-hydrogen) atoms. The Morgan fingerprint density at radius 1 is 1.57 bits per heavy atom. The van der Waals surface area contributed by atoms with Crippen LogP contribution in [0.15, 0.2) is 24.4 Å². The molecule has 74 valence electrons. The number of nitrogens with zero attached hydrogens (tertiary/aromatic N) is 1. The topological polar surface area (TPSA) is 39.2 Å². The third-order valence-corrected chi connectivity index (χ3v) is 2.32. The quantitative estimate of drug-likeness (QED) is 0.687. The molecule has 1 fully saturated rings. The molecule has 0 saturated heterocycles. The first-order valence-corrected chi connectivity index (χ1v) is 4.85. The third kappa shape index (κ3) is 2.10. The summed E-state index contributed by atoms with van der Waals surface area (Å²) < 4.78 is 5.26. The van der Waals surface area contributed by atoms with Gasteiger partial charge in [0.2, 0.25) is 0 Å². The maximum atomic E-state index is 10.9. The molecule has 1 aliphatic carbocycles. The largest absolute Gasteiger partial charge is 0.456 e. The lowest BCUT2D eigenvalue weighted by atomic mass is 10.1. The molecule has 0 amide bonds. The number of hydrogen-bond acceptors (Lipinski definition) is 3. The van der Waals surface area contributed by atoms with Crippen molar-refractivity contribution >= 4 is 5.97 Å². The molecular weight excluding hydrogens is 178 g/mol. The first-order valence-electron chi connectivity index (χ1n) is 4.85. The summed E-state index contributed by atoms with van der Waals surface area (Å²) >= 11 is 0. The number of rotatable bonds is 3. The van der Waals surface area contributed by atoms with Crippen molar-refractivity contribution in [3.8, 4) is 0 Å². The van der Waals surface area contributed by atoms with E-state index < -0.39 is 0 Å². The second-order valence-electron chi connectivity index (χ2n) is 3.62. The van der Waals surface area contributed by atoms with E-state index in [0.29, 0.717) is 5.92 Å². The van der Waals surface area contributed by atoms with Crippen molar-refractivity contribution in [1.29, 1.82) is 0 Å². The van der Waals surface area contributed by atoms with Crippen LogP contribution in [-0.2, 0) is 9.53 Å². The number of carbonyl (C=O) groups excluding carboxylic acids is 1. The molecule has 0 N–H and O–H groups in total. The van der Waals surface area contributed by atoms with Gasteiger partial charge in [-0.1, -0.05) is 6.07 Å². The van der Waals surface area contributed by atoms with E-state index in [-0.39, 0.29) is 12.1 Å². The minimum Gasteiger partial charge on any atom is -0.456 e. The molecule has 1 saturated carbocycles. The summed E-state index contributed by atoms with van der Waals surface area (Å²) in [5.74, 6) is 0.251. The molecule has 1 aromatic heterocycles. The number of ether oxygens (including phenoxy) is 1. The third-order valence-electron chi connectivity index (χ3n) is 2.32. The molecule has 3 heteroatoms. The van der Waals surface area contributed by atoms with Gasteiger partial charge in [-0.25, -0.2) is 0 Å². The van der Waals surface area contributed by atoms with Gasteiger partial charge < -0.3 is 4.74 Å². The van der Waals surface area contributed by atoms with Crippen LogP contribution < -0.4 is 0 Å². The highest BCUT2D eigenvalue weighted by Gasteiger charge is 2.35. The van der Waals surface area contributed by atoms with E-state index in [1.165, 1.54) is 6.92 Å². The van der Waals surface area contributed by atoms with Crippen LogP contribution in [0.25, 0.3) is 0 Å². The predicted octanol–water partition coefficient (Wildman–Crippen LogP) is 2.10. The first-order chi connectivity index (χ1) is 6.77. The van der Waals surface area contributed by atoms with E-state index in [4.69, 9.17) is 4.74 Å². The highest BCUT2D eigenvalue weighted by molar-refractivity contribution is 5.66. The Hall–Kier alpha value is -1.38. The summed E-state index contributed by atoms with van der Waals surface area (Å²) in [6, 6.07) is 5.69. The highest BCUT2D eigenvalue weighted by atomic mass is 16.5. The smallest absolute Gasteiger partial charge is 0.303 e. The van der Waals surface area contributed by atoms with Crippen LogP contribution in [0.1, 0.15) is 31.6 Å². The molecule has 0 aromatic carbocycles. The van der Waals surface area contributed by atoms with Gasteiger partial charge >= 0.3 is 5.97 Å². The molecule has 1 heterocycles. The van der Waals surface area contributed by atoms with E-state index >= 15 is 0 Å². The highest BCUT2D eigenvalue weighted by Crippen LogP contribution is 2.42. The zero-order chi connectivity index (χ0) is 9.97. The van der Waals surface area contributed by atoms with Gasteiger partial charge in [-0.3, -0.25) is 9.78 Å². The van der Waals surface area contributed by atoms with E-state index in [1.54, 1.807) is 6.20 Å². The summed E-state index contributed by atoms with van der Waals surface area (Å²) in [7, 11) is 0. The molecule has 1 aromatic rings. The van der Waals surface area contributed by atoms with Crippen LogP contribution in [0.5, 0.6) is 0 Å². The number of pyridine rings is 1. The number of hydrogen-bond donors (Lipinski definition) is 0. The Morgan fingerprint density at radius 3 is 2.86 bits per heavy atom. The van der Waals surface area contributed by atoms with Gasteiger partial charge in [0.05, 0.1) is 5.69 Å². The van der Waals surface area contributed by atoms with Crippen LogP contribution in [-0.4, -0.2) is 11.0 Å². The minimum absolute atomic E-state index is 0.131. The van der Waals surface area contributed by atoms with Gasteiger partial charge in [0.25, 0.3) is 0 Å². The van der Waals surface area contributed by atoms with Crippen LogP contribution in [0.2, 0.25) is 0 Å². The van der Waals surface area contributed by atoms with E-state index in [2.05, 4.69) is 4.98 Å². The van der Waals surface area contributed by atoms with Gasteiger partial charge in [0, 0.05) is 19.0 Å². The SMILES string of the molecule is CC(=O)OC(c1ccccn1)C1CC1. The second kappa shape index (κ2) is 3.78. The fourth-order valence-electron chi connectivity index (χ4n) is 1.52. The van der Waals surface area contributed by atoms with Crippen molar-refractivity contribution in [1.82, 2.24) is 4.98 Å². The standard InChI is InChI=1S/C11H13NO2/c1-8(13)14-11(9-5-6-9)10-4-2-3-7-12-10/h2-4,7,9,11H,5-6H2,1H3. The number of esters is 1. The van der Waals surface area contributed by atoms with Crippen LogP contribution in [0, 0.1) is 5.92 Å². The van der Waals surface area contributed by atoms with Crippen LogP contribution >= 0.6 is 0 Å². The molecular formula is C11H13NO2. The maximum absolute atomic E-state index is 10.9. The van der Waals surface area contributed by atoms with Crippen molar-refractivity contribution < 1.29 is 9.53 Å². The Labute approximate surface area is 83.1 Å². The van der Waals surface area contributed by atoms with Crippen molar-refractivity contribution in [2.75, 3.05) is 0 Å². The molecule has 0 spiro atoms. The summed E-state index contributed by atoms with van der Waals surface area (Å²) in [6.07, 6.45) is 3.87. The zero-order valence-electron chi connectivity index (χ0n) is 8.14. The summed E-state index contributed by atoms with van der Waals surface area (Å²) in [6.45, 7) is 1.44. The van der Waals surface area contributed by atoms with Crippen molar-refractivity contribution in [3.05, 3.63) is 30.1 Å². The van der Waals surface area contributed by atoms with Gasteiger partial charge in [-0.05, 0) is 25.0 Å². The van der Waals surface area contributed by atoms with Gasteiger partial charge in [-0.2, -0.15) is 0 Å². The lowest BCUT2D eigenvalue weighted by Crippen LogP contribution is -2.11. The predicted molar refractivity (Wildman–Crippen MR) is 51.5 cm³/mol. The average Bonchev–Trinajstić information content (AvgIpc) is 2.99. The van der Waals surface area contributed by atoms with Crippen molar-refractivity contribution in [3.63, 3.8) is 0 Å².